The lowest BCUT2D eigenvalue weighted by Gasteiger charge is -2.14. The second-order valence-corrected chi connectivity index (χ2v) is 17.1. The zero-order valence-corrected chi connectivity index (χ0v) is 34.1. The van der Waals surface area contributed by atoms with Crippen molar-refractivity contribution in [2.75, 3.05) is 0 Å². The first-order valence-electron chi connectivity index (χ1n) is 19.9. The van der Waals surface area contributed by atoms with E-state index in [1.807, 2.05) is 47.1 Å². The minimum absolute atomic E-state index is 0.644. The Kier molecular flexibility index (Phi) is 8.84. The van der Waals surface area contributed by atoms with E-state index in [1.54, 1.807) is 6.20 Å². The van der Waals surface area contributed by atoms with E-state index in [0.29, 0.717) is 5.82 Å². The molecule has 11 aromatic rings. The molecule has 60 heavy (non-hydrogen) atoms. The average Bonchev–Trinajstić information content (AvgIpc) is 3.89. The summed E-state index contributed by atoms with van der Waals surface area (Å²) in [5.41, 5.74) is 13.2. The van der Waals surface area contributed by atoms with Crippen LogP contribution in [0.2, 0.25) is 0 Å². The lowest BCUT2D eigenvalue weighted by molar-refractivity contribution is 1.18. The minimum atomic E-state index is 0.644. The molecule has 11 rings (SSSR count). The van der Waals surface area contributed by atoms with E-state index in [0.717, 1.165) is 72.6 Å². The number of fused-ring (bicyclic) bond motifs is 6. The Morgan fingerprint density at radius 1 is 0.367 bits per heavy atom. The second kappa shape index (κ2) is 14.8. The molecule has 3 nitrogen and oxygen atoms in total. The monoisotopic (exact) mass is 801 g/mol. The third-order valence-corrected chi connectivity index (χ3v) is 13.6. The Bertz CT molecular complexity index is 3350. The number of hydrogen-bond donors (Lipinski definition) is 0. The maximum absolute atomic E-state index is 5.39. The molecule has 0 amide bonds. The molecule has 0 aliphatic rings. The molecule has 282 valence electrons. The number of nitrogens with zero attached hydrogens (tertiary/aromatic N) is 3. The van der Waals surface area contributed by atoms with Crippen LogP contribution in [0.1, 0.15) is 11.1 Å². The first-order valence-corrected chi connectivity index (χ1v) is 21.5. The third kappa shape index (κ3) is 6.41. The van der Waals surface area contributed by atoms with Gasteiger partial charge in [0, 0.05) is 75.0 Å². The van der Waals surface area contributed by atoms with Gasteiger partial charge in [-0.2, -0.15) is 0 Å². The van der Waals surface area contributed by atoms with Gasteiger partial charge in [0.2, 0.25) is 0 Å². The van der Waals surface area contributed by atoms with Gasteiger partial charge in [-0.3, -0.25) is 4.98 Å². The standard InChI is InChI=1S/C55H35N3S2/c1-3-34-18-19-39(25-35(34)4-2)49-32-50(58-55(57-49)40-12-9-11-36(26-40)41-13-10-24-56-33-41)44-28-42(37-20-22-53-47(30-37)45-14-5-7-16-51(45)59-53)27-43(29-44)38-21-23-54-48(31-38)46-15-6-8-17-52(46)60-54/h3-33H,1-2H2. The van der Waals surface area contributed by atoms with E-state index in [4.69, 9.17) is 9.97 Å². The van der Waals surface area contributed by atoms with Crippen molar-refractivity contribution < 1.29 is 0 Å². The van der Waals surface area contributed by atoms with Gasteiger partial charge in [-0.05, 0) is 118 Å². The SMILES string of the molecule is C=Cc1ccc(-c2cc(-c3cc(-c4ccc5sc6ccccc6c5c4)cc(-c4ccc5sc6ccccc6c5c4)c3)nc(-c3cccc(-c4cccnc4)c3)n2)cc1C=C. The van der Waals surface area contributed by atoms with E-state index in [2.05, 4.69) is 176 Å². The van der Waals surface area contributed by atoms with Crippen molar-refractivity contribution in [3.8, 4) is 67.3 Å². The van der Waals surface area contributed by atoms with Crippen molar-refractivity contribution in [1.82, 2.24) is 15.0 Å². The van der Waals surface area contributed by atoms with Crippen LogP contribution in [0.25, 0.3) is 120 Å². The summed E-state index contributed by atoms with van der Waals surface area (Å²) in [6.45, 7) is 8.13. The van der Waals surface area contributed by atoms with Crippen LogP contribution in [0.15, 0.2) is 189 Å². The highest BCUT2D eigenvalue weighted by atomic mass is 32.1. The summed E-state index contributed by atoms with van der Waals surface area (Å²) in [5, 5.41) is 5.11. The smallest absolute Gasteiger partial charge is 0.160 e. The average molecular weight is 802 g/mol. The molecule has 0 N–H and O–H groups in total. The first-order chi connectivity index (χ1) is 29.6. The van der Waals surface area contributed by atoms with Gasteiger partial charge in [-0.25, -0.2) is 9.97 Å². The lowest BCUT2D eigenvalue weighted by Crippen LogP contribution is -1.97. The lowest BCUT2D eigenvalue weighted by atomic mass is 9.93. The van der Waals surface area contributed by atoms with E-state index in [9.17, 15) is 0 Å². The van der Waals surface area contributed by atoms with Gasteiger partial charge in [-0.15, -0.1) is 22.7 Å². The summed E-state index contributed by atoms with van der Waals surface area (Å²) in [6, 6.07) is 58.9. The van der Waals surface area contributed by atoms with Crippen LogP contribution < -0.4 is 0 Å². The number of thiophene rings is 2. The topological polar surface area (TPSA) is 38.7 Å². The number of pyridine rings is 1. The molecule has 5 heteroatoms. The molecule has 0 spiro atoms. The molecule has 0 atom stereocenters. The third-order valence-electron chi connectivity index (χ3n) is 11.3. The molecular weight excluding hydrogens is 767 g/mol. The molecule has 0 saturated carbocycles. The van der Waals surface area contributed by atoms with Crippen LogP contribution >= 0.6 is 22.7 Å². The predicted octanol–water partition coefficient (Wildman–Crippen LogP) is 15.9. The van der Waals surface area contributed by atoms with Gasteiger partial charge in [0.25, 0.3) is 0 Å². The van der Waals surface area contributed by atoms with Crippen molar-refractivity contribution in [2.45, 2.75) is 0 Å². The summed E-state index contributed by atoms with van der Waals surface area (Å²) >= 11 is 3.68. The molecule has 0 radical (unpaired) electrons. The highest BCUT2D eigenvalue weighted by Gasteiger charge is 2.17. The van der Waals surface area contributed by atoms with Crippen LogP contribution in [0.3, 0.4) is 0 Å². The summed E-state index contributed by atoms with van der Waals surface area (Å²) in [5.74, 6) is 0.644. The Morgan fingerprint density at radius 3 is 1.53 bits per heavy atom. The van der Waals surface area contributed by atoms with Crippen molar-refractivity contribution in [1.29, 1.82) is 0 Å². The van der Waals surface area contributed by atoms with Crippen molar-refractivity contribution in [3.05, 3.63) is 200 Å². The number of aromatic nitrogens is 3. The van der Waals surface area contributed by atoms with Crippen molar-refractivity contribution in [3.63, 3.8) is 0 Å². The predicted molar refractivity (Wildman–Crippen MR) is 258 cm³/mol. The van der Waals surface area contributed by atoms with Crippen molar-refractivity contribution in [2.24, 2.45) is 0 Å². The van der Waals surface area contributed by atoms with Crippen LogP contribution in [-0.4, -0.2) is 15.0 Å². The molecular formula is C55H35N3S2. The molecule has 0 saturated heterocycles. The fourth-order valence-electron chi connectivity index (χ4n) is 8.26. The van der Waals surface area contributed by atoms with Gasteiger partial charge in [0.15, 0.2) is 5.82 Å². The zero-order chi connectivity index (χ0) is 40.2. The number of hydrogen-bond acceptors (Lipinski definition) is 5. The Labute approximate surface area is 356 Å². The van der Waals surface area contributed by atoms with Gasteiger partial charge >= 0.3 is 0 Å². The molecule has 0 unspecified atom stereocenters. The van der Waals surface area contributed by atoms with Gasteiger partial charge in [0.05, 0.1) is 11.4 Å². The quantitative estimate of drug-likeness (QED) is 0.154. The van der Waals surface area contributed by atoms with E-state index < -0.39 is 0 Å². The molecule has 4 heterocycles. The Balaban J connectivity index is 1.14. The normalized spacial score (nSPS) is 11.5. The van der Waals surface area contributed by atoms with Gasteiger partial charge in [0.1, 0.15) is 0 Å². The van der Waals surface area contributed by atoms with Gasteiger partial charge in [-0.1, -0.05) is 110 Å². The van der Waals surface area contributed by atoms with Crippen LogP contribution in [0, 0.1) is 0 Å². The summed E-state index contributed by atoms with van der Waals surface area (Å²) in [7, 11) is 0. The first kappa shape index (κ1) is 35.8. The Hall–Kier alpha value is -7.31. The van der Waals surface area contributed by atoms with E-state index in [1.165, 1.54) is 40.3 Å². The Morgan fingerprint density at radius 2 is 0.900 bits per heavy atom. The summed E-state index contributed by atoms with van der Waals surface area (Å²) in [6.07, 6.45) is 7.42. The van der Waals surface area contributed by atoms with E-state index >= 15 is 0 Å². The van der Waals surface area contributed by atoms with Crippen molar-refractivity contribution >= 4 is 75.2 Å². The molecule has 0 aliphatic carbocycles. The minimum Gasteiger partial charge on any atom is -0.264 e. The molecule has 0 bridgehead atoms. The largest absolute Gasteiger partial charge is 0.264 e. The van der Waals surface area contributed by atoms with Crippen LogP contribution in [-0.2, 0) is 0 Å². The van der Waals surface area contributed by atoms with Crippen LogP contribution in [0.5, 0.6) is 0 Å². The highest BCUT2D eigenvalue weighted by Crippen LogP contribution is 2.41. The molecule has 4 aromatic heterocycles. The second-order valence-electron chi connectivity index (χ2n) is 15.0. The van der Waals surface area contributed by atoms with Crippen LogP contribution in [0.4, 0.5) is 0 Å². The fourth-order valence-corrected chi connectivity index (χ4v) is 10.4. The maximum atomic E-state index is 5.39. The molecule has 0 aliphatic heterocycles. The molecule has 0 fully saturated rings. The summed E-state index contributed by atoms with van der Waals surface area (Å²) in [4.78, 5) is 15.0. The van der Waals surface area contributed by atoms with Gasteiger partial charge < -0.3 is 0 Å². The zero-order valence-electron chi connectivity index (χ0n) is 32.5. The highest BCUT2D eigenvalue weighted by molar-refractivity contribution is 7.26. The number of benzene rings is 7. The maximum Gasteiger partial charge on any atom is 0.160 e. The number of rotatable bonds is 8. The summed E-state index contributed by atoms with van der Waals surface area (Å²) < 4.78 is 5.16. The van der Waals surface area contributed by atoms with E-state index in [-0.39, 0.29) is 0 Å². The fraction of sp³-hybridized carbons (Fsp3) is 0. The molecule has 7 aromatic carbocycles.